The van der Waals surface area contributed by atoms with Crippen LogP contribution < -0.4 is 10.9 Å². The monoisotopic (exact) mass is 254 g/mol. The highest BCUT2D eigenvalue weighted by Crippen LogP contribution is 2.25. The highest BCUT2D eigenvalue weighted by molar-refractivity contribution is 6.04. The molecule has 1 aliphatic carbocycles. The Bertz CT molecular complexity index is 668. The zero-order valence-corrected chi connectivity index (χ0v) is 10.4. The molecule has 19 heavy (non-hydrogen) atoms. The molecule has 0 spiro atoms. The van der Waals surface area contributed by atoms with Crippen LogP contribution in [0.3, 0.4) is 0 Å². The van der Waals surface area contributed by atoms with Crippen molar-refractivity contribution in [3.63, 3.8) is 0 Å². The van der Waals surface area contributed by atoms with Crippen molar-refractivity contribution < 1.29 is 4.79 Å². The molecule has 0 unspecified atom stereocenters. The fraction of sp³-hybridized carbons (Fsp3) is 0.200. The number of amides is 1. The SMILES string of the molecule is O=C(Nc1ccc2c(c1)CCC2)c1ccc(=O)[nH]c1. The normalized spacial score (nSPS) is 13.1. The fourth-order valence-corrected chi connectivity index (χ4v) is 2.40. The molecule has 3 rings (SSSR count). The number of anilines is 1. The average molecular weight is 254 g/mol. The molecule has 4 heteroatoms. The van der Waals surface area contributed by atoms with Crippen molar-refractivity contribution in [1.82, 2.24) is 4.98 Å². The number of H-pyrrole nitrogens is 1. The van der Waals surface area contributed by atoms with Crippen LogP contribution in [0.25, 0.3) is 0 Å². The number of aryl methyl sites for hydroxylation is 2. The number of carbonyl (C=O) groups is 1. The first-order valence-corrected chi connectivity index (χ1v) is 6.34. The van der Waals surface area contributed by atoms with Gasteiger partial charge in [-0.2, -0.15) is 0 Å². The maximum atomic E-state index is 12.0. The highest BCUT2D eigenvalue weighted by atomic mass is 16.1. The van der Waals surface area contributed by atoms with Crippen LogP contribution in [-0.2, 0) is 12.8 Å². The molecule has 2 N–H and O–H groups in total. The number of nitrogens with one attached hydrogen (secondary N) is 2. The fourth-order valence-electron chi connectivity index (χ4n) is 2.40. The largest absolute Gasteiger partial charge is 0.328 e. The number of fused-ring (bicyclic) bond motifs is 1. The number of pyridine rings is 1. The van der Waals surface area contributed by atoms with E-state index in [4.69, 9.17) is 0 Å². The number of aromatic amines is 1. The lowest BCUT2D eigenvalue weighted by Crippen LogP contribution is -2.14. The smallest absolute Gasteiger partial charge is 0.257 e. The van der Waals surface area contributed by atoms with Gasteiger partial charge >= 0.3 is 0 Å². The van der Waals surface area contributed by atoms with Gasteiger partial charge in [0.15, 0.2) is 0 Å². The predicted molar refractivity (Wildman–Crippen MR) is 73.5 cm³/mol. The Morgan fingerprint density at radius 3 is 2.74 bits per heavy atom. The van der Waals surface area contributed by atoms with E-state index >= 15 is 0 Å². The average Bonchev–Trinajstić information content (AvgIpc) is 2.87. The summed E-state index contributed by atoms with van der Waals surface area (Å²) in [7, 11) is 0. The highest BCUT2D eigenvalue weighted by Gasteiger charge is 2.12. The maximum Gasteiger partial charge on any atom is 0.257 e. The lowest BCUT2D eigenvalue weighted by molar-refractivity contribution is 0.102. The van der Waals surface area contributed by atoms with Crippen molar-refractivity contribution >= 4 is 11.6 Å². The molecule has 0 atom stereocenters. The second-order valence-corrected chi connectivity index (χ2v) is 4.73. The van der Waals surface area contributed by atoms with Gasteiger partial charge in [0, 0.05) is 18.0 Å². The van der Waals surface area contributed by atoms with Crippen LogP contribution in [-0.4, -0.2) is 10.9 Å². The van der Waals surface area contributed by atoms with E-state index in [1.807, 2.05) is 12.1 Å². The molecule has 0 radical (unpaired) electrons. The number of carbonyl (C=O) groups excluding carboxylic acids is 1. The zero-order chi connectivity index (χ0) is 13.2. The molecule has 2 aromatic rings. The Kier molecular flexibility index (Phi) is 2.91. The third-order valence-electron chi connectivity index (χ3n) is 3.40. The first-order chi connectivity index (χ1) is 9.22. The number of benzene rings is 1. The van der Waals surface area contributed by atoms with E-state index in [0.717, 1.165) is 18.5 Å². The van der Waals surface area contributed by atoms with Crippen molar-refractivity contribution in [2.75, 3.05) is 5.32 Å². The summed E-state index contributed by atoms with van der Waals surface area (Å²) in [5.74, 6) is -0.214. The third-order valence-corrected chi connectivity index (χ3v) is 3.40. The summed E-state index contributed by atoms with van der Waals surface area (Å²) in [4.78, 5) is 25.4. The third kappa shape index (κ3) is 2.42. The number of hydrogen-bond acceptors (Lipinski definition) is 2. The van der Waals surface area contributed by atoms with Crippen LogP contribution in [0.15, 0.2) is 41.3 Å². The lowest BCUT2D eigenvalue weighted by atomic mass is 10.1. The Balaban J connectivity index is 1.79. The van der Waals surface area contributed by atoms with Crippen LogP contribution in [0, 0.1) is 0 Å². The molecule has 0 fully saturated rings. The van der Waals surface area contributed by atoms with Crippen LogP contribution >= 0.6 is 0 Å². The summed E-state index contributed by atoms with van der Waals surface area (Å²) >= 11 is 0. The van der Waals surface area contributed by atoms with Crippen molar-refractivity contribution in [3.8, 4) is 0 Å². The summed E-state index contributed by atoms with van der Waals surface area (Å²) in [5, 5.41) is 2.85. The Morgan fingerprint density at radius 1 is 1.11 bits per heavy atom. The van der Waals surface area contributed by atoms with E-state index in [1.54, 1.807) is 0 Å². The van der Waals surface area contributed by atoms with E-state index in [-0.39, 0.29) is 11.5 Å². The van der Waals surface area contributed by atoms with Gasteiger partial charge in [-0.25, -0.2) is 0 Å². The first kappa shape index (κ1) is 11.7. The standard InChI is InChI=1S/C15H14N2O2/c18-14-7-5-12(9-16-14)15(19)17-13-6-4-10-2-1-3-11(10)8-13/h4-9H,1-3H2,(H,16,18)(H,17,19). The Morgan fingerprint density at radius 2 is 1.95 bits per heavy atom. The van der Waals surface area contributed by atoms with Crippen molar-refractivity contribution in [1.29, 1.82) is 0 Å². The first-order valence-electron chi connectivity index (χ1n) is 6.34. The molecule has 0 saturated heterocycles. The lowest BCUT2D eigenvalue weighted by Gasteiger charge is -2.07. The minimum Gasteiger partial charge on any atom is -0.328 e. The van der Waals surface area contributed by atoms with E-state index in [1.165, 1.54) is 35.9 Å². The van der Waals surface area contributed by atoms with Crippen molar-refractivity contribution in [2.24, 2.45) is 0 Å². The van der Waals surface area contributed by atoms with Gasteiger partial charge in [-0.3, -0.25) is 9.59 Å². The molecule has 1 amide bonds. The zero-order valence-electron chi connectivity index (χ0n) is 10.4. The summed E-state index contributed by atoms with van der Waals surface area (Å²) < 4.78 is 0. The van der Waals surface area contributed by atoms with E-state index < -0.39 is 0 Å². The number of rotatable bonds is 2. The summed E-state index contributed by atoms with van der Waals surface area (Å²) in [5.41, 5.74) is 3.73. The minimum atomic E-state index is -0.214. The van der Waals surface area contributed by atoms with Crippen molar-refractivity contribution in [3.05, 3.63) is 63.6 Å². The molecule has 0 aliphatic heterocycles. The van der Waals surface area contributed by atoms with E-state index in [9.17, 15) is 9.59 Å². The molecule has 1 heterocycles. The van der Waals surface area contributed by atoms with Gasteiger partial charge in [0.05, 0.1) is 5.56 Å². The van der Waals surface area contributed by atoms with Crippen molar-refractivity contribution in [2.45, 2.75) is 19.3 Å². The van der Waals surface area contributed by atoms with E-state index in [2.05, 4.69) is 16.4 Å². The van der Waals surface area contributed by atoms with Gasteiger partial charge < -0.3 is 10.3 Å². The molecule has 96 valence electrons. The molecular weight excluding hydrogens is 240 g/mol. The van der Waals surface area contributed by atoms with Gasteiger partial charge in [-0.15, -0.1) is 0 Å². The molecule has 0 bridgehead atoms. The van der Waals surface area contributed by atoms with Crippen LogP contribution in [0.1, 0.15) is 27.9 Å². The molecule has 1 aromatic carbocycles. The summed E-state index contributed by atoms with van der Waals surface area (Å²) in [6.45, 7) is 0. The summed E-state index contributed by atoms with van der Waals surface area (Å²) in [6, 6.07) is 8.89. The molecule has 0 saturated carbocycles. The Labute approximate surface area is 110 Å². The second-order valence-electron chi connectivity index (χ2n) is 4.73. The van der Waals surface area contributed by atoms with Gasteiger partial charge in [0.25, 0.3) is 5.91 Å². The topological polar surface area (TPSA) is 62.0 Å². The van der Waals surface area contributed by atoms with Crippen LogP contribution in [0.2, 0.25) is 0 Å². The predicted octanol–water partition coefficient (Wildman–Crippen LogP) is 2.12. The molecule has 1 aromatic heterocycles. The molecular formula is C15H14N2O2. The molecule has 4 nitrogen and oxygen atoms in total. The quantitative estimate of drug-likeness (QED) is 0.862. The minimum absolute atomic E-state index is 0.214. The number of hydrogen-bond donors (Lipinski definition) is 2. The van der Waals surface area contributed by atoms with E-state index in [0.29, 0.717) is 5.56 Å². The molecule has 1 aliphatic rings. The Hall–Kier alpha value is -2.36. The van der Waals surface area contributed by atoms with Gasteiger partial charge in [0.1, 0.15) is 0 Å². The van der Waals surface area contributed by atoms with Crippen LogP contribution in [0.5, 0.6) is 0 Å². The van der Waals surface area contributed by atoms with Crippen LogP contribution in [0.4, 0.5) is 5.69 Å². The van der Waals surface area contributed by atoms with Gasteiger partial charge in [0.2, 0.25) is 5.56 Å². The van der Waals surface area contributed by atoms with Gasteiger partial charge in [-0.05, 0) is 48.6 Å². The maximum absolute atomic E-state index is 12.0. The second kappa shape index (κ2) is 4.72. The van der Waals surface area contributed by atoms with Gasteiger partial charge in [-0.1, -0.05) is 6.07 Å². The number of aromatic nitrogens is 1. The summed E-state index contributed by atoms with van der Waals surface area (Å²) in [6.07, 6.45) is 4.82.